The second kappa shape index (κ2) is 2.98. The third-order valence-electron chi connectivity index (χ3n) is 4.88. The molecule has 0 spiro atoms. The number of fused-ring (bicyclic) bond motifs is 1. The van der Waals surface area contributed by atoms with Gasteiger partial charge in [0.1, 0.15) is 0 Å². The predicted octanol–water partition coefficient (Wildman–Crippen LogP) is 3.12. The highest BCUT2D eigenvalue weighted by atomic mass is 16.3. The standard InChI is InChI=1S/C12H22O/c1-11-6-3-4-7-12(11,2)9-10(13)5-8-11/h10,13H,3-9H2,1-2H3/t10-,11?,12+/m1/s1. The first kappa shape index (κ1) is 9.51. The van der Waals surface area contributed by atoms with E-state index in [0.717, 1.165) is 12.8 Å². The van der Waals surface area contributed by atoms with Crippen molar-refractivity contribution in [3.05, 3.63) is 0 Å². The summed E-state index contributed by atoms with van der Waals surface area (Å²) in [7, 11) is 0. The molecule has 2 aliphatic carbocycles. The Morgan fingerprint density at radius 2 is 1.62 bits per heavy atom. The van der Waals surface area contributed by atoms with Crippen molar-refractivity contribution in [1.82, 2.24) is 0 Å². The average Bonchev–Trinajstić information content (AvgIpc) is 2.07. The number of rotatable bonds is 0. The van der Waals surface area contributed by atoms with Crippen LogP contribution in [-0.2, 0) is 0 Å². The summed E-state index contributed by atoms with van der Waals surface area (Å²) in [5, 5.41) is 9.73. The molecule has 1 nitrogen and oxygen atoms in total. The van der Waals surface area contributed by atoms with Crippen LogP contribution in [0.15, 0.2) is 0 Å². The Kier molecular flexibility index (Phi) is 2.18. The summed E-state index contributed by atoms with van der Waals surface area (Å²) >= 11 is 0. The Balaban J connectivity index is 2.20. The maximum absolute atomic E-state index is 9.73. The Hall–Kier alpha value is -0.0400. The molecule has 0 aromatic heterocycles. The van der Waals surface area contributed by atoms with Gasteiger partial charge in [0.25, 0.3) is 0 Å². The molecule has 76 valence electrons. The molecule has 0 radical (unpaired) electrons. The first-order chi connectivity index (χ1) is 6.06. The molecule has 13 heavy (non-hydrogen) atoms. The van der Waals surface area contributed by atoms with Gasteiger partial charge in [-0.25, -0.2) is 0 Å². The van der Waals surface area contributed by atoms with Gasteiger partial charge in [0, 0.05) is 0 Å². The minimum Gasteiger partial charge on any atom is -0.393 e. The van der Waals surface area contributed by atoms with Crippen molar-refractivity contribution >= 4 is 0 Å². The highest BCUT2D eigenvalue weighted by Crippen LogP contribution is 2.58. The van der Waals surface area contributed by atoms with E-state index in [1.54, 1.807) is 0 Å². The van der Waals surface area contributed by atoms with Gasteiger partial charge >= 0.3 is 0 Å². The Morgan fingerprint density at radius 1 is 1.00 bits per heavy atom. The summed E-state index contributed by atoms with van der Waals surface area (Å²) in [6.45, 7) is 4.84. The highest BCUT2D eigenvalue weighted by Gasteiger charge is 2.49. The number of hydrogen-bond donors (Lipinski definition) is 1. The molecule has 2 rings (SSSR count). The van der Waals surface area contributed by atoms with Crippen molar-refractivity contribution in [3.63, 3.8) is 0 Å². The molecule has 0 aromatic carbocycles. The molecular weight excluding hydrogens is 160 g/mol. The molecule has 2 fully saturated rings. The van der Waals surface area contributed by atoms with Gasteiger partial charge in [-0.2, -0.15) is 0 Å². The first-order valence-electron chi connectivity index (χ1n) is 5.74. The van der Waals surface area contributed by atoms with Crippen LogP contribution in [0.25, 0.3) is 0 Å². The lowest BCUT2D eigenvalue weighted by Gasteiger charge is -2.54. The van der Waals surface area contributed by atoms with Crippen LogP contribution in [0, 0.1) is 10.8 Å². The monoisotopic (exact) mass is 182 g/mol. The van der Waals surface area contributed by atoms with Gasteiger partial charge in [-0.15, -0.1) is 0 Å². The number of aliphatic hydroxyl groups is 1. The molecule has 0 aliphatic heterocycles. The van der Waals surface area contributed by atoms with E-state index >= 15 is 0 Å². The highest BCUT2D eigenvalue weighted by molar-refractivity contribution is 4.99. The zero-order valence-corrected chi connectivity index (χ0v) is 8.97. The van der Waals surface area contributed by atoms with E-state index in [4.69, 9.17) is 0 Å². The van der Waals surface area contributed by atoms with E-state index in [-0.39, 0.29) is 6.10 Å². The van der Waals surface area contributed by atoms with E-state index in [1.807, 2.05) is 0 Å². The fraction of sp³-hybridized carbons (Fsp3) is 1.00. The molecule has 0 aromatic rings. The minimum absolute atomic E-state index is 0.0174. The summed E-state index contributed by atoms with van der Waals surface area (Å²) in [6.07, 6.45) is 8.80. The molecule has 0 bridgehead atoms. The first-order valence-corrected chi connectivity index (χ1v) is 5.74. The van der Waals surface area contributed by atoms with Crippen molar-refractivity contribution < 1.29 is 5.11 Å². The molecule has 3 atom stereocenters. The van der Waals surface area contributed by atoms with Crippen LogP contribution in [0.2, 0.25) is 0 Å². The Bertz CT molecular complexity index is 201. The second-order valence-corrected chi connectivity index (χ2v) is 5.73. The second-order valence-electron chi connectivity index (χ2n) is 5.73. The van der Waals surface area contributed by atoms with Gasteiger partial charge in [0.15, 0.2) is 0 Å². The van der Waals surface area contributed by atoms with E-state index in [2.05, 4.69) is 13.8 Å². The van der Waals surface area contributed by atoms with Gasteiger partial charge in [-0.1, -0.05) is 26.7 Å². The molecule has 2 aliphatic rings. The van der Waals surface area contributed by atoms with Crippen molar-refractivity contribution in [2.75, 3.05) is 0 Å². The van der Waals surface area contributed by atoms with Crippen LogP contribution in [0.5, 0.6) is 0 Å². The van der Waals surface area contributed by atoms with Crippen molar-refractivity contribution in [2.24, 2.45) is 10.8 Å². The SMILES string of the molecule is CC12CCCC[C@@]1(C)C[C@H](O)CC2. The quantitative estimate of drug-likeness (QED) is 0.610. The molecule has 0 saturated heterocycles. The third-order valence-corrected chi connectivity index (χ3v) is 4.88. The number of hydrogen-bond acceptors (Lipinski definition) is 1. The van der Waals surface area contributed by atoms with Crippen LogP contribution < -0.4 is 0 Å². The Labute approximate surface area is 81.5 Å². The van der Waals surface area contributed by atoms with E-state index in [1.165, 1.54) is 32.1 Å². The predicted molar refractivity (Wildman–Crippen MR) is 54.5 cm³/mol. The molecule has 1 heteroatoms. The van der Waals surface area contributed by atoms with Crippen LogP contribution in [0.4, 0.5) is 0 Å². The fourth-order valence-corrected chi connectivity index (χ4v) is 3.52. The van der Waals surface area contributed by atoms with E-state index < -0.39 is 0 Å². The van der Waals surface area contributed by atoms with Crippen LogP contribution in [0.3, 0.4) is 0 Å². The van der Waals surface area contributed by atoms with Gasteiger partial charge in [-0.05, 0) is 42.9 Å². The van der Waals surface area contributed by atoms with Crippen molar-refractivity contribution in [1.29, 1.82) is 0 Å². The molecule has 1 N–H and O–H groups in total. The summed E-state index contributed by atoms with van der Waals surface area (Å²) in [5.41, 5.74) is 0.966. The van der Waals surface area contributed by atoms with E-state index in [0.29, 0.717) is 10.8 Å². The van der Waals surface area contributed by atoms with E-state index in [9.17, 15) is 5.11 Å². The molecule has 2 saturated carbocycles. The minimum atomic E-state index is -0.0174. The van der Waals surface area contributed by atoms with Crippen molar-refractivity contribution in [2.45, 2.75) is 64.9 Å². The third kappa shape index (κ3) is 1.41. The van der Waals surface area contributed by atoms with Crippen LogP contribution >= 0.6 is 0 Å². The van der Waals surface area contributed by atoms with Crippen LogP contribution in [-0.4, -0.2) is 11.2 Å². The molecular formula is C12H22O. The zero-order chi connectivity index (χ0) is 9.53. The Morgan fingerprint density at radius 3 is 2.31 bits per heavy atom. The van der Waals surface area contributed by atoms with Crippen LogP contribution in [0.1, 0.15) is 58.8 Å². The molecule has 0 amide bonds. The van der Waals surface area contributed by atoms with Gasteiger partial charge in [-0.3, -0.25) is 0 Å². The molecule has 0 heterocycles. The van der Waals surface area contributed by atoms with Gasteiger partial charge < -0.3 is 5.11 Å². The largest absolute Gasteiger partial charge is 0.393 e. The normalized spacial score (nSPS) is 51.5. The summed E-state index contributed by atoms with van der Waals surface area (Å²) in [6, 6.07) is 0. The summed E-state index contributed by atoms with van der Waals surface area (Å²) in [4.78, 5) is 0. The maximum Gasteiger partial charge on any atom is 0.0545 e. The van der Waals surface area contributed by atoms with Gasteiger partial charge in [0.05, 0.1) is 6.10 Å². The fourth-order valence-electron chi connectivity index (χ4n) is 3.52. The summed E-state index contributed by atoms with van der Waals surface area (Å²) < 4.78 is 0. The average molecular weight is 182 g/mol. The topological polar surface area (TPSA) is 20.2 Å². The lowest BCUT2D eigenvalue weighted by atomic mass is 9.51. The summed E-state index contributed by atoms with van der Waals surface area (Å²) in [5.74, 6) is 0. The van der Waals surface area contributed by atoms with Gasteiger partial charge in [0.2, 0.25) is 0 Å². The lowest BCUT2D eigenvalue weighted by Crippen LogP contribution is -2.46. The number of aliphatic hydroxyl groups excluding tert-OH is 1. The maximum atomic E-state index is 9.73. The van der Waals surface area contributed by atoms with Crippen molar-refractivity contribution in [3.8, 4) is 0 Å². The molecule has 1 unspecified atom stereocenters. The smallest absolute Gasteiger partial charge is 0.0545 e. The lowest BCUT2D eigenvalue weighted by molar-refractivity contribution is -0.0756. The zero-order valence-electron chi connectivity index (χ0n) is 8.97.